The highest BCUT2D eigenvalue weighted by Gasteiger charge is 2.45. The molecule has 3 rings (SSSR count). The Morgan fingerprint density at radius 1 is 1.28 bits per heavy atom. The molecule has 2 fully saturated rings. The molecule has 0 aromatic heterocycles. The maximum absolute atomic E-state index is 13.7. The van der Waals surface area contributed by atoms with E-state index in [-0.39, 0.29) is 5.56 Å². The van der Waals surface area contributed by atoms with Gasteiger partial charge in [0.2, 0.25) is 5.91 Å². The fraction of sp³-hybridized carbons (Fsp3) is 0.652. The number of carbonyl (C=O) groups is 2. The van der Waals surface area contributed by atoms with Crippen molar-refractivity contribution in [1.82, 2.24) is 4.90 Å². The number of carbonyl (C=O) groups excluding carboxylic acids is 1. The quantitative estimate of drug-likeness (QED) is 0.634. The Bertz CT molecular complexity index is 732. The highest BCUT2D eigenvalue weighted by Crippen LogP contribution is 2.54. The number of rotatable bonds is 8. The van der Waals surface area contributed by atoms with Crippen molar-refractivity contribution in [3.8, 4) is 5.75 Å². The summed E-state index contributed by atoms with van der Waals surface area (Å²) in [5.41, 5.74) is 0.102. The Morgan fingerprint density at radius 2 is 1.97 bits per heavy atom. The number of benzene rings is 1. The van der Waals surface area contributed by atoms with Crippen LogP contribution < -0.4 is 4.74 Å². The van der Waals surface area contributed by atoms with Gasteiger partial charge in [0.25, 0.3) is 0 Å². The summed E-state index contributed by atoms with van der Waals surface area (Å²) >= 11 is 0. The van der Waals surface area contributed by atoms with Gasteiger partial charge in [-0.1, -0.05) is 13.8 Å². The molecule has 1 saturated heterocycles. The van der Waals surface area contributed by atoms with Gasteiger partial charge >= 0.3 is 5.97 Å². The van der Waals surface area contributed by atoms with E-state index in [4.69, 9.17) is 9.84 Å². The van der Waals surface area contributed by atoms with Gasteiger partial charge in [0.1, 0.15) is 11.6 Å². The molecular formula is C23H32FNO4. The third-order valence-corrected chi connectivity index (χ3v) is 6.40. The molecule has 1 saturated carbocycles. The molecule has 5 nitrogen and oxygen atoms in total. The molecule has 1 aromatic rings. The van der Waals surface area contributed by atoms with E-state index in [2.05, 4.69) is 13.8 Å². The molecule has 29 heavy (non-hydrogen) atoms. The number of ether oxygens (including phenoxy) is 1. The van der Waals surface area contributed by atoms with Crippen molar-refractivity contribution >= 4 is 11.9 Å². The minimum absolute atomic E-state index is 0.302. The molecule has 6 heteroatoms. The third kappa shape index (κ3) is 5.49. The zero-order chi connectivity index (χ0) is 21.0. The number of hydrogen-bond donors (Lipinski definition) is 1. The predicted octanol–water partition coefficient (Wildman–Crippen LogP) is 4.75. The lowest BCUT2D eigenvalue weighted by Gasteiger charge is -2.52. The molecule has 0 bridgehead atoms. The van der Waals surface area contributed by atoms with Crippen molar-refractivity contribution in [3.63, 3.8) is 0 Å². The molecule has 1 aliphatic carbocycles. The van der Waals surface area contributed by atoms with Crippen LogP contribution in [0.15, 0.2) is 18.2 Å². The van der Waals surface area contributed by atoms with E-state index in [0.29, 0.717) is 41.9 Å². The number of likely N-dealkylation sites (tertiary alicyclic amines) is 1. The van der Waals surface area contributed by atoms with Crippen LogP contribution in [-0.2, 0) is 4.79 Å². The van der Waals surface area contributed by atoms with Crippen LogP contribution in [0.5, 0.6) is 5.75 Å². The largest absolute Gasteiger partial charge is 0.493 e. The number of carboxylic acids is 1. The van der Waals surface area contributed by atoms with Crippen LogP contribution in [0.1, 0.15) is 69.2 Å². The monoisotopic (exact) mass is 405 g/mol. The molecule has 1 aromatic carbocycles. The number of aromatic carboxylic acids is 1. The topological polar surface area (TPSA) is 66.8 Å². The van der Waals surface area contributed by atoms with Gasteiger partial charge in [0, 0.05) is 25.6 Å². The first-order chi connectivity index (χ1) is 13.8. The lowest BCUT2D eigenvalue weighted by molar-refractivity contribution is -0.136. The maximum Gasteiger partial charge on any atom is 0.338 e. The molecule has 1 N–H and O–H groups in total. The molecule has 1 spiro atoms. The average molecular weight is 406 g/mol. The van der Waals surface area contributed by atoms with E-state index in [0.717, 1.165) is 44.8 Å². The number of hydrogen-bond acceptors (Lipinski definition) is 3. The zero-order valence-electron chi connectivity index (χ0n) is 17.5. The van der Waals surface area contributed by atoms with Gasteiger partial charge in [-0.2, -0.15) is 0 Å². The molecule has 0 radical (unpaired) electrons. The molecule has 1 aliphatic heterocycles. The first-order valence-corrected chi connectivity index (χ1v) is 10.7. The molecule has 160 valence electrons. The smallest absolute Gasteiger partial charge is 0.338 e. The van der Waals surface area contributed by atoms with E-state index >= 15 is 0 Å². The third-order valence-electron chi connectivity index (χ3n) is 6.40. The van der Waals surface area contributed by atoms with Gasteiger partial charge < -0.3 is 14.7 Å². The zero-order valence-corrected chi connectivity index (χ0v) is 17.5. The Kier molecular flexibility index (Phi) is 6.81. The molecule has 1 heterocycles. The number of nitrogens with zero attached hydrogens (tertiary/aromatic N) is 1. The van der Waals surface area contributed by atoms with Crippen molar-refractivity contribution in [3.05, 3.63) is 29.6 Å². The van der Waals surface area contributed by atoms with E-state index in [1.165, 1.54) is 25.0 Å². The lowest BCUT2D eigenvalue weighted by Crippen LogP contribution is -2.48. The van der Waals surface area contributed by atoms with Crippen molar-refractivity contribution < 1.29 is 23.8 Å². The van der Waals surface area contributed by atoms with Gasteiger partial charge in [-0.15, -0.1) is 0 Å². The summed E-state index contributed by atoms with van der Waals surface area (Å²) in [5, 5.41) is 8.85. The summed E-state index contributed by atoms with van der Waals surface area (Å²) in [7, 11) is 0. The van der Waals surface area contributed by atoms with Crippen LogP contribution >= 0.6 is 0 Å². The van der Waals surface area contributed by atoms with Crippen LogP contribution in [0, 0.1) is 23.1 Å². The molecule has 0 atom stereocenters. The van der Waals surface area contributed by atoms with Crippen LogP contribution in [0.2, 0.25) is 0 Å². The van der Waals surface area contributed by atoms with Gasteiger partial charge in [0.05, 0.1) is 12.2 Å². The molecule has 2 aliphatic rings. The second-order valence-electron chi connectivity index (χ2n) is 9.19. The number of carboxylic acid groups (broad SMARTS) is 1. The summed E-state index contributed by atoms with van der Waals surface area (Å²) in [6.45, 7) is 6.49. The van der Waals surface area contributed by atoms with Crippen LogP contribution in [0.3, 0.4) is 0 Å². The Morgan fingerprint density at radius 3 is 2.55 bits per heavy atom. The normalized spacial score (nSPS) is 18.7. The standard InChI is InChI=1S/C23H32FNO4/c1-16(2)12-21(26)25-9-7-23(8-10-25)14-17(15-23)4-3-11-29-18-5-6-19(22(27)28)20(24)13-18/h5-6,13,16-17H,3-4,7-12,14-15H2,1-2H3,(H,27,28). The van der Waals surface area contributed by atoms with Gasteiger partial charge in [-0.3, -0.25) is 4.79 Å². The van der Waals surface area contributed by atoms with Crippen LogP contribution in [0.4, 0.5) is 4.39 Å². The van der Waals surface area contributed by atoms with Crippen molar-refractivity contribution in [2.75, 3.05) is 19.7 Å². The fourth-order valence-electron chi connectivity index (χ4n) is 4.81. The van der Waals surface area contributed by atoms with Crippen LogP contribution in [0.25, 0.3) is 0 Å². The summed E-state index contributed by atoms with van der Waals surface area (Å²) in [5.74, 6) is -0.244. The minimum Gasteiger partial charge on any atom is -0.493 e. The highest BCUT2D eigenvalue weighted by atomic mass is 19.1. The lowest BCUT2D eigenvalue weighted by atomic mass is 9.56. The maximum atomic E-state index is 13.7. The second kappa shape index (κ2) is 9.14. The fourth-order valence-corrected chi connectivity index (χ4v) is 4.81. The van der Waals surface area contributed by atoms with E-state index in [1.807, 2.05) is 4.90 Å². The average Bonchev–Trinajstić information content (AvgIpc) is 2.63. The minimum atomic E-state index is -1.27. The first-order valence-electron chi connectivity index (χ1n) is 10.7. The summed E-state index contributed by atoms with van der Waals surface area (Å²) in [6.07, 6.45) is 7.37. The van der Waals surface area contributed by atoms with Crippen molar-refractivity contribution in [1.29, 1.82) is 0 Å². The molecule has 0 unspecified atom stereocenters. The molecular weight excluding hydrogens is 373 g/mol. The molecule has 1 amide bonds. The summed E-state index contributed by atoms with van der Waals surface area (Å²) in [6, 6.07) is 3.87. The van der Waals surface area contributed by atoms with E-state index < -0.39 is 11.8 Å². The van der Waals surface area contributed by atoms with Crippen molar-refractivity contribution in [2.45, 2.75) is 58.8 Å². The Balaban J connectivity index is 1.32. The predicted molar refractivity (Wildman–Crippen MR) is 109 cm³/mol. The SMILES string of the molecule is CC(C)CC(=O)N1CCC2(CC1)CC(CCCOc1ccc(C(=O)O)c(F)c1)C2. The summed E-state index contributed by atoms with van der Waals surface area (Å²) < 4.78 is 19.2. The number of amides is 1. The number of piperidine rings is 1. The Hall–Kier alpha value is -2.11. The van der Waals surface area contributed by atoms with Crippen molar-refractivity contribution in [2.24, 2.45) is 17.3 Å². The highest BCUT2D eigenvalue weighted by molar-refractivity contribution is 5.88. The van der Waals surface area contributed by atoms with Gasteiger partial charge in [0.15, 0.2) is 0 Å². The van der Waals surface area contributed by atoms with Gasteiger partial charge in [-0.05, 0) is 67.9 Å². The van der Waals surface area contributed by atoms with Crippen LogP contribution in [-0.4, -0.2) is 41.6 Å². The summed E-state index contributed by atoms with van der Waals surface area (Å²) in [4.78, 5) is 25.1. The second-order valence-corrected chi connectivity index (χ2v) is 9.19. The number of halogens is 1. The first kappa shape index (κ1) is 21.6. The van der Waals surface area contributed by atoms with E-state index in [9.17, 15) is 14.0 Å². The Labute approximate surface area is 172 Å². The van der Waals surface area contributed by atoms with E-state index in [1.54, 1.807) is 0 Å². The van der Waals surface area contributed by atoms with Gasteiger partial charge in [-0.25, -0.2) is 9.18 Å².